The van der Waals surface area contributed by atoms with Gasteiger partial charge in [0.25, 0.3) is 0 Å². The standard InChI is InChI=1S/C13H19N3O5/c1-9(2)21-8-7-15(3)12-11(16(18)19)6-5-10(14-12)13(17)20-4/h5-6,9H,7-8H2,1-4H3. The number of nitrogens with zero attached hydrogens (tertiary/aromatic N) is 3. The molecule has 116 valence electrons. The van der Waals surface area contributed by atoms with Crippen molar-refractivity contribution in [3.05, 3.63) is 27.9 Å². The molecule has 0 aliphatic rings. The van der Waals surface area contributed by atoms with Gasteiger partial charge in [0, 0.05) is 19.7 Å². The number of rotatable bonds is 7. The fourth-order valence-electron chi connectivity index (χ4n) is 1.61. The van der Waals surface area contributed by atoms with Gasteiger partial charge in [-0.05, 0) is 19.9 Å². The van der Waals surface area contributed by atoms with Crippen LogP contribution in [0.4, 0.5) is 11.5 Å². The quantitative estimate of drug-likeness (QED) is 0.429. The molecule has 1 aromatic rings. The van der Waals surface area contributed by atoms with Crippen LogP contribution < -0.4 is 4.90 Å². The van der Waals surface area contributed by atoms with Crippen molar-refractivity contribution in [1.29, 1.82) is 0 Å². The van der Waals surface area contributed by atoms with Crippen molar-refractivity contribution in [1.82, 2.24) is 4.98 Å². The number of aromatic nitrogens is 1. The van der Waals surface area contributed by atoms with Crippen LogP contribution >= 0.6 is 0 Å². The van der Waals surface area contributed by atoms with Crippen LogP contribution in [-0.2, 0) is 9.47 Å². The molecule has 1 aromatic heterocycles. The molecule has 0 bridgehead atoms. The summed E-state index contributed by atoms with van der Waals surface area (Å²) in [5, 5.41) is 11.1. The second-order valence-electron chi connectivity index (χ2n) is 4.63. The Morgan fingerprint density at radius 1 is 1.48 bits per heavy atom. The molecule has 0 saturated carbocycles. The Bertz CT molecular complexity index is 519. The van der Waals surface area contributed by atoms with E-state index in [4.69, 9.17) is 4.74 Å². The predicted molar refractivity (Wildman–Crippen MR) is 76.6 cm³/mol. The molecule has 21 heavy (non-hydrogen) atoms. The minimum absolute atomic E-state index is 0.0229. The smallest absolute Gasteiger partial charge is 0.356 e. The Morgan fingerprint density at radius 3 is 2.67 bits per heavy atom. The zero-order valence-corrected chi connectivity index (χ0v) is 12.5. The van der Waals surface area contributed by atoms with E-state index in [2.05, 4.69) is 9.72 Å². The van der Waals surface area contributed by atoms with Crippen molar-refractivity contribution in [2.75, 3.05) is 32.2 Å². The summed E-state index contributed by atoms with van der Waals surface area (Å²) in [7, 11) is 2.88. The zero-order chi connectivity index (χ0) is 16.0. The maximum Gasteiger partial charge on any atom is 0.356 e. The van der Waals surface area contributed by atoms with Crippen molar-refractivity contribution in [3.8, 4) is 0 Å². The first-order valence-corrected chi connectivity index (χ1v) is 6.43. The van der Waals surface area contributed by atoms with E-state index in [-0.39, 0.29) is 23.3 Å². The summed E-state index contributed by atoms with van der Waals surface area (Å²) in [4.78, 5) is 27.6. The van der Waals surface area contributed by atoms with Gasteiger partial charge in [0.1, 0.15) is 0 Å². The van der Waals surface area contributed by atoms with Gasteiger partial charge in [-0.15, -0.1) is 0 Å². The highest BCUT2D eigenvalue weighted by molar-refractivity contribution is 5.88. The summed E-state index contributed by atoms with van der Waals surface area (Å²) >= 11 is 0. The number of ether oxygens (including phenoxy) is 2. The number of hydrogen-bond donors (Lipinski definition) is 0. The van der Waals surface area contributed by atoms with E-state index in [1.54, 1.807) is 11.9 Å². The first kappa shape index (κ1) is 16.8. The number of pyridine rings is 1. The summed E-state index contributed by atoms with van der Waals surface area (Å²) < 4.78 is 9.97. The van der Waals surface area contributed by atoms with Gasteiger partial charge in [0.05, 0.1) is 24.7 Å². The van der Waals surface area contributed by atoms with Gasteiger partial charge >= 0.3 is 11.7 Å². The molecule has 0 unspecified atom stereocenters. The van der Waals surface area contributed by atoms with Gasteiger partial charge in [-0.3, -0.25) is 10.1 Å². The van der Waals surface area contributed by atoms with Crippen LogP contribution in [0.3, 0.4) is 0 Å². The molecule has 1 heterocycles. The van der Waals surface area contributed by atoms with Crippen LogP contribution in [0.2, 0.25) is 0 Å². The number of anilines is 1. The number of esters is 1. The van der Waals surface area contributed by atoms with E-state index in [0.29, 0.717) is 13.2 Å². The summed E-state index contributed by atoms with van der Waals surface area (Å²) in [5.41, 5.74) is -0.149. The van der Waals surface area contributed by atoms with Crippen molar-refractivity contribution < 1.29 is 19.2 Å². The SMILES string of the molecule is COC(=O)c1ccc([N+](=O)[O-])c(N(C)CCOC(C)C)n1. The average molecular weight is 297 g/mol. The van der Waals surface area contributed by atoms with E-state index in [1.807, 2.05) is 13.8 Å². The van der Waals surface area contributed by atoms with Crippen LogP contribution in [0.1, 0.15) is 24.3 Å². The maximum atomic E-state index is 11.5. The molecular weight excluding hydrogens is 278 g/mol. The van der Waals surface area contributed by atoms with E-state index in [1.165, 1.54) is 19.2 Å². The fraction of sp³-hybridized carbons (Fsp3) is 0.538. The highest BCUT2D eigenvalue weighted by Crippen LogP contribution is 2.25. The van der Waals surface area contributed by atoms with Crippen LogP contribution in [0.15, 0.2) is 12.1 Å². The highest BCUT2D eigenvalue weighted by atomic mass is 16.6. The van der Waals surface area contributed by atoms with Crippen molar-refractivity contribution >= 4 is 17.5 Å². The molecular formula is C13H19N3O5. The lowest BCUT2D eigenvalue weighted by atomic mass is 10.3. The number of nitro groups is 1. The van der Waals surface area contributed by atoms with Crippen molar-refractivity contribution in [2.45, 2.75) is 20.0 Å². The van der Waals surface area contributed by atoms with Gasteiger partial charge in [0.15, 0.2) is 5.69 Å². The van der Waals surface area contributed by atoms with E-state index >= 15 is 0 Å². The molecule has 0 spiro atoms. The second-order valence-corrected chi connectivity index (χ2v) is 4.63. The van der Waals surface area contributed by atoms with Gasteiger partial charge in [-0.25, -0.2) is 9.78 Å². The lowest BCUT2D eigenvalue weighted by Crippen LogP contribution is -2.26. The molecule has 0 amide bonds. The molecule has 1 rings (SSSR count). The Hall–Kier alpha value is -2.22. The molecule has 0 N–H and O–H groups in total. The molecule has 0 aliphatic heterocycles. The monoisotopic (exact) mass is 297 g/mol. The molecule has 0 radical (unpaired) electrons. The third kappa shape index (κ3) is 4.67. The molecule has 8 heteroatoms. The summed E-state index contributed by atoms with van der Waals surface area (Å²) in [6, 6.07) is 2.51. The van der Waals surface area contributed by atoms with Gasteiger partial charge in [-0.1, -0.05) is 0 Å². The first-order valence-electron chi connectivity index (χ1n) is 6.43. The third-order valence-electron chi connectivity index (χ3n) is 2.69. The minimum atomic E-state index is -0.641. The van der Waals surface area contributed by atoms with Crippen LogP contribution in [0.25, 0.3) is 0 Å². The summed E-state index contributed by atoms with van der Waals surface area (Å²) in [6.07, 6.45) is 0.0720. The largest absolute Gasteiger partial charge is 0.464 e. The molecule has 0 fully saturated rings. The lowest BCUT2D eigenvalue weighted by molar-refractivity contribution is -0.384. The average Bonchev–Trinajstić information content (AvgIpc) is 2.45. The van der Waals surface area contributed by atoms with E-state index in [0.717, 1.165) is 0 Å². The molecule has 0 aliphatic carbocycles. The predicted octanol–water partition coefficient (Wildman–Crippen LogP) is 1.64. The topological polar surface area (TPSA) is 94.8 Å². The molecule has 0 atom stereocenters. The number of likely N-dealkylation sites (N-methyl/N-ethyl adjacent to an activating group) is 1. The molecule has 8 nitrogen and oxygen atoms in total. The first-order chi connectivity index (χ1) is 9.86. The van der Waals surface area contributed by atoms with E-state index < -0.39 is 10.9 Å². The van der Waals surface area contributed by atoms with Crippen LogP contribution in [0, 0.1) is 10.1 Å². The number of carbonyl (C=O) groups excluding carboxylic acids is 1. The molecule has 0 saturated heterocycles. The summed E-state index contributed by atoms with van der Waals surface area (Å²) in [6.45, 7) is 4.61. The Morgan fingerprint density at radius 2 is 2.14 bits per heavy atom. The summed E-state index contributed by atoms with van der Waals surface area (Å²) in [5.74, 6) is -0.534. The van der Waals surface area contributed by atoms with Crippen LogP contribution in [-0.4, -0.2) is 49.3 Å². The Labute approximate surface area is 122 Å². The van der Waals surface area contributed by atoms with Crippen molar-refractivity contribution in [2.24, 2.45) is 0 Å². The maximum absolute atomic E-state index is 11.5. The Kier molecular flexibility index (Phi) is 6.04. The van der Waals surface area contributed by atoms with E-state index in [9.17, 15) is 14.9 Å². The zero-order valence-electron chi connectivity index (χ0n) is 12.5. The number of hydrogen-bond acceptors (Lipinski definition) is 7. The number of methoxy groups -OCH3 is 1. The Balaban J connectivity index is 2.99. The highest BCUT2D eigenvalue weighted by Gasteiger charge is 2.21. The minimum Gasteiger partial charge on any atom is -0.464 e. The van der Waals surface area contributed by atoms with Gasteiger partial charge in [0.2, 0.25) is 5.82 Å². The molecule has 0 aromatic carbocycles. The fourth-order valence-corrected chi connectivity index (χ4v) is 1.61. The van der Waals surface area contributed by atoms with Gasteiger partial charge < -0.3 is 14.4 Å². The lowest BCUT2D eigenvalue weighted by Gasteiger charge is -2.19. The normalized spacial score (nSPS) is 10.5. The van der Waals surface area contributed by atoms with Gasteiger partial charge in [-0.2, -0.15) is 0 Å². The van der Waals surface area contributed by atoms with Crippen molar-refractivity contribution in [3.63, 3.8) is 0 Å². The third-order valence-corrected chi connectivity index (χ3v) is 2.69. The second kappa shape index (κ2) is 7.53. The van der Waals surface area contributed by atoms with Crippen LogP contribution in [0.5, 0.6) is 0 Å². The number of carbonyl (C=O) groups is 1.